The maximum absolute atomic E-state index is 11.9. The Hall–Kier alpha value is -1.34. The number of aliphatic carboxylic acids is 1. The maximum atomic E-state index is 11.9. The summed E-state index contributed by atoms with van der Waals surface area (Å²) < 4.78 is 0. The third kappa shape index (κ3) is 5.89. The summed E-state index contributed by atoms with van der Waals surface area (Å²) in [5.74, 6) is -1.56. The van der Waals surface area contributed by atoms with Crippen molar-refractivity contribution in [1.29, 1.82) is 0 Å². The molecule has 0 heterocycles. The number of carbonyl (C=O) groups is 2. The molecular weight excluding hydrogens is 317 g/mol. The summed E-state index contributed by atoms with van der Waals surface area (Å²) in [6, 6.07) is 3.84. The van der Waals surface area contributed by atoms with E-state index in [9.17, 15) is 9.59 Å². The molecule has 0 bridgehead atoms. The van der Waals surface area contributed by atoms with Crippen LogP contribution in [0.2, 0.25) is 10.0 Å². The number of carboxylic acid groups (broad SMARTS) is 1. The van der Waals surface area contributed by atoms with E-state index in [0.717, 1.165) is 0 Å². The number of nitrogens with one attached hydrogen (secondary N) is 2. The molecule has 1 rings (SSSR count). The average molecular weight is 334 g/mol. The van der Waals surface area contributed by atoms with Gasteiger partial charge in [0.1, 0.15) is 6.04 Å². The summed E-state index contributed by atoms with van der Waals surface area (Å²) in [4.78, 5) is 23.0. The Kier molecular flexibility index (Phi) is 7.45. The highest BCUT2D eigenvalue weighted by Crippen LogP contribution is 2.29. The molecule has 1 amide bonds. The van der Waals surface area contributed by atoms with Crippen molar-refractivity contribution in [3.8, 4) is 0 Å². The van der Waals surface area contributed by atoms with Crippen LogP contribution >= 0.6 is 23.2 Å². The first-order chi connectivity index (χ1) is 9.95. The van der Waals surface area contributed by atoms with Crippen molar-refractivity contribution in [3.63, 3.8) is 0 Å². The van der Waals surface area contributed by atoms with Crippen molar-refractivity contribution in [2.45, 2.75) is 18.9 Å². The minimum absolute atomic E-state index is 0.218. The van der Waals surface area contributed by atoms with E-state index in [1.54, 1.807) is 18.2 Å². The molecule has 1 atom stereocenters. The molecule has 0 aliphatic heterocycles. The minimum Gasteiger partial charge on any atom is -0.480 e. The molecule has 0 radical (unpaired) electrons. The van der Waals surface area contributed by atoms with E-state index in [2.05, 4.69) is 10.6 Å². The molecule has 0 spiro atoms. The molecule has 1 aromatic carbocycles. The first-order valence-corrected chi connectivity index (χ1v) is 7.11. The highest BCUT2D eigenvalue weighted by atomic mass is 35.5. The van der Waals surface area contributed by atoms with Gasteiger partial charge in [-0.3, -0.25) is 9.59 Å². The molecule has 0 fully saturated rings. The van der Waals surface area contributed by atoms with E-state index in [1.807, 2.05) is 0 Å². The van der Waals surface area contributed by atoms with Crippen LogP contribution in [0.4, 0.5) is 5.69 Å². The smallest absolute Gasteiger partial charge is 0.321 e. The zero-order chi connectivity index (χ0) is 15.8. The quantitative estimate of drug-likeness (QED) is 0.542. The molecule has 8 heteroatoms. The summed E-state index contributed by atoms with van der Waals surface area (Å²) in [5.41, 5.74) is 5.68. The van der Waals surface area contributed by atoms with Gasteiger partial charge in [0.05, 0.1) is 22.2 Å². The fourth-order valence-corrected chi connectivity index (χ4v) is 1.96. The van der Waals surface area contributed by atoms with E-state index in [1.165, 1.54) is 0 Å². The fourth-order valence-electron chi connectivity index (χ4n) is 1.61. The molecule has 0 saturated carbocycles. The Morgan fingerprint density at radius 3 is 2.67 bits per heavy atom. The van der Waals surface area contributed by atoms with Gasteiger partial charge in [-0.25, -0.2) is 0 Å². The standard InChI is InChI=1S/C13H17Cl2N3O3/c14-8-3-1-4-9(12(8)15)18-11(19)7-10(13(20)21)17-6-2-5-16/h1,3-4,10,17H,2,5-7,16H2,(H,18,19)(H,20,21)/t10-/m1/s1. The lowest BCUT2D eigenvalue weighted by Gasteiger charge is -2.14. The first-order valence-electron chi connectivity index (χ1n) is 6.35. The maximum Gasteiger partial charge on any atom is 0.321 e. The lowest BCUT2D eigenvalue weighted by molar-refractivity contribution is -0.141. The number of rotatable bonds is 8. The van der Waals surface area contributed by atoms with Gasteiger partial charge < -0.3 is 21.5 Å². The number of carbonyl (C=O) groups excluding carboxylic acids is 1. The van der Waals surface area contributed by atoms with Gasteiger partial charge in [0, 0.05) is 0 Å². The van der Waals surface area contributed by atoms with Crippen LogP contribution in [0.1, 0.15) is 12.8 Å². The van der Waals surface area contributed by atoms with Crippen LogP contribution < -0.4 is 16.4 Å². The topological polar surface area (TPSA) is 104 Å². The van der Waals surface area contributed by atoms with Gasteiger partial charge in [0.15, 0.2) is 0 Å². The molecule has 0 unspecified atom stereocenters. The van der Waals surface area contributed by atoms with Crippen molar-refractivity contribution >= 4 is 40.8 Å². The van der Waals surface area contributed by atoms with E-state index in [4.69, 9.17) is 34.0 Å². The molecule has 0 aromatic heterocycles. The van der Waals surface area contributed by atoms with Gasteiger partial charge in [0.2, 0.25) is 5.91 Å². The van der Waals surface area contributed by atoms with Gasteiger partial charge >= 0.3 is 5.97 Å². The molecule has 6 nitrogen and oxygen atoms in total. The molecule has 0 saturated heterocycles. The third-order valence-electron chi connectivity index (χ3n) is 2.68. The summed E-state index contributed by atoms with van der Waals surface area (Å²) in [7, 11) is 0. The zero-order valence-corrected chi connectivity index (χ0v) is 12.7. The van der Waals surface area contributed by atoms with E-state index >= 15 is 0 Å². The monoisotopic (exact) mass is 333 g/mol. The predicted octanol–water partition coefficient (Wildman–Crippen LogP) is 1.71. The molecule has 0 aliphatic rings. The Morgan fingerprint density at radius 1 is 1.33 bits per heavy atom. The van der Waals surface area contributed by atoms with E-state index in [0.29, 0.717) is 30.2 Å². The number of halogens is 2. The third-order valence-corrected chi connectivity index (χ3v) is 3.50. The second kappa shape index (κ2) is 8.84. The van der Waals surface area contributed by atoms with Gasteiger partial charge in [0.25, 0.3) is 0 Å². The highest BCUT2D eigenvalue weighted by Gasteiger charge is 2.21. The normalized spacial score (nSPS) is 12.0. The van der Waals surface area contributed by atoms with Gasteiger partial charge in [-0.2, -0.15) is 0 Å². The molecule has 1 aromatic rings. The van der Waals surface area contributed by atoms with Crippen LogP contribution in [0, 0.1) is 0 Å². The van der Waals surface area contributed by atoms with Crippen molar-refractivity contribution in [1.82, 2.24) is 5.32 Å². The van der Waals surface area contributed by atoms with Crippen molar-refractivity contribution < 1.29 is 14.7 Å². The van der Waals surface area contributed by atoms with Gasteiger partial charge in [-0.05, 0) is 31.6 Å². The molecule has 5 N–H and O–H groups in total. The minimum atomic E-state index is -1.10. The van der Waals surface area contributed by atoms with Crippen molar-refractivity contribution in [2.24, 2.45) is 5.73 Å². The Bertz CT molecular complexity index is 511. The molecule has 21 heavy (non-hydrogen) atoms. The summed E-state index contributed by atoms with van der Waals surface area (Å²) in [5, 5.41) is 14.9. The van der Waals surface area contributed by atoms with Gasteiger partial charge in [-0.1, -0.05) is 29.3 Å². The number of hydrogen-bond donors (Lipinski definition) is 4. The number of benzene rings is 1. The lowest BCUT2D eigenvalue weighted by Crippen LogP contribution is -2.40. The summed E-state index contributed by atoms with van der Waals surface area (Å²) in [6.07, 6.45) is 0.411. The fraction of sp³-hybridized carbons (Fsp3) is 0.385. The SMILES string of the molecule is NCCCN[C@H](CC(=O)Nc1cccc(Cl)c1Cl)C(=O)O. The summed E-state index contributed by atoms with van der Waals surface area (Å²) in [6.45, 7) is 0.877. The zero-order valence-electron chi connectivity index (χ0n) is 11.2. The second-order valence-electron chi connectivity index (χ2n) is 4.34. The Labute approximate surface area is 132 Å². The lowest BCUT2D eigenvalue weighted by atomic mass is 10.2. The largest absolute Gasteiger partial charge is 0.480 e. The van der Waals surface area contributed by atoms with Crippen LogP contribution in [0.25, 0.3) is 0 Å². The number of hydrogen-bond acceptors (Lipinski definition) is 4. The van der Waals surface area contributed by atoms with Crippen molar-refractivity contribution in [3.05, 3.63) is 28.2 Å². The molecule has 116 valence electrons. The second-order valence-corrected chi connectivity index (χ2v) is 5.13. The van der Waals surface area contributed by atoms with E-state index < -0.39 is 17.9 Å². The number of anilines is 1. The first kappa shape index (κ1) is 17.7. The molecular formula is C13H17Cl2N3O3. The van der Waals surface area contributed by atoms with Crippen molar-refractivity contribution in [2.75, 3.05) is 18.4 Å². The van der Waals surface area contributed by atoms with Crippen LogP contribution in [-0.2, 0) is 9.59 Å². The Balaban J connectivity index is 2.61. The number of amides is 1. The van der Waals surface area contributed by atoms with Crippen LogP contribution in [-0.4, -0.2) is 36.1 Å². The van der Waals surface area contributed by atoms with Crippen LogP contribution in [0.15, 0.2) is 18.2 Å². The van der Waals surface area contributed by atoms with Gasteiger partial charge in [-0.15, -0.1) is 0 Å². The van der Waals surface area contributed by atoms with Crippen LogP contribution in [0.5, 0.6) is 0 Å². The molecule has 0 aliphatic carbocycles. The average Bonchev–Trinajstić information content (AvgIpc) is 2.43. The highest BCUT2D eigenvalue weighted by molar-refractivity contribution is 6.43. The number of nitrogens with two attached hydrogens (primary N) is 1. The predicted molar refractivity (Wildman–Crippen MR) is 82.8 cm³/mol. The Morgan fingerprint density at radius 2 is 2.05 bits per heavy atom. The van der Waals surface area contributed by atoms with E-state index in [-0.39, 0.29) is 11.4 Å². The van der Waals surface area contributed by atoms with Crippen LogP contribution in [0.3, 0.4) is 0 Å². The summed E-state index contributed by atoms with van der Waals surface area (Å²) >= 11 is 11.8. The number of carboxylic acids is 1.